The molecule has 0 saturated carbocycles. The fraction of sp³-hybridized carbons (Fsp3) is 0.429. The van der Waals surface area contributed by atoms with E-state index in [0.29, 0.717) is 0 Å². The van der Waals surface area contributed by atoms with Gasteiger partial charge in [-0.1, -0.05) is 25.3 Å². The van der Waals surface area contributed by atoms with Gasteiger partial charge in [0.2, 0.25) is 0 Å². The highest BCUT2D eigenvalue weighted by Crippen LogP contribution is 1.79. The minimum Gasteiger partial charge on any atom is -0.0986 e. The van der Waals surface area contributed by atoms with E-state index in [1.165, 1.54) is 0 Å². The Balaban J connectivity index is 3.07. The molecule has 0 nitrogen and oxygen atoms in total. The molecule has 0 amide bonds. The molecule has 0 fully saturated rings. The van der Waals surface area contributed by atoms with Gasteiger partial charge >= 0.3 is 0 Å². The van der Waals surface area contributed by atoms with Gasteiger partial charge in [0.1, 0.15) is 0 Å². The molecule has 0 heterocycles. The first-order chi connectivity index (χ1) is 3.41. The molecule has 0 aromatic heterocycles. The predicted octanol–water partition coefficient (Wildman–Crippen LogP) is 1.98. The Morgan fingerprint density at radius 2 is 2.43 bits per heavy atom. The predicted molar refractivity (Wildman–Crippen MR) is 32.9 cm³/mol. The van der Waals surface area contributed by atoms with Gasteiger partial charge in [-0.05, 0) is 12.5 Å². The highest BCUT2D eigenvalue weighted by atomic mass is 13.7. The van der Waals surface area contributed by atoms with Crippen molar-refractivity contribution in [1.82, 2.24) is 0 Å². The van der Waals surface area contributed by atoms with Gasteiger partial charge in [0.25, 0.3) is 0 Å². The second-order valence-corrected chi connectivity index (χ2v) is 1.28. The monoisotopic (exact) mass is 94.1 g/mol. The quantitative estimate of drug-likeness (QED) is 0.436. The largest absolute Gasteiger partial charge is 0.0986 e. The lowest BCUT2D eigenvalue weighted by Gasteiger charge is -1.72. The molecule has 0 aliphatic heterocycles. The first-order valence-electron chi connectivity index (χ1n) is 2.51. The van der Waals surface area contributed by atoms with E-state index in [9.17, 15) is 0 Å². The SMILES string of the molecule is C=CC#CCCC. The normalized spacial score (nSPS) is 6.43. The van der Waals surface area contributed by atoms with Gasteiger partial charge in [0.05, 0.1) is 0 Å². The first-order valence-corrected chi connectivity index (χ1v) is 2.51. The van der Waals surface area contributed by atoms with Gasteiger partial charge in [-0.3, -0.25) is 0 Å². The summed E-state index contributed by atoms with van der Waals surface area (Å²) in [5.41, 5.74) is 0. The number of hydrogen-bond acceptors (Lipinski definition) is 0. The van der Waals surface area contributed by atoms with Gasteiger partial charge in [-0.15, -0.1) is 0 Å². The van der Waals surface area contributed by atoms with Crippen molar-refractivity contribution < 1.29 is 0 Å². The molecule has 38 valence electrons. The highest BCUT2D eigenvalue weighted by Gasteiger charge is 1.64. The second-order valence-electron chi connectivity index (χ2n) is 1.28. The Hall–Kier alpha value is -0.700. The summed E-state index contributed by atoms with van der Waals surface area (Å²) in [5, 5.41) is 0. The molecule has 0 radical (unpaired) electrons. The van der Waals surface area contributed by atoms with Crippen molar-refractivity contribution in [3.05, 3.63) is 12.7 Å². The summed E-state index contributed by atoms with van der Waals surface area (Å²) in [5.74, 6) is 5.68. The van der Waals surface area contributed by atoms with E-state index in [2.05, 4.69) is 25.3 Å². The Morgan fingerprint density at radius 1 is 1.71 bits per heavy atom. The standard InChI is InChI=1S/C7H10/c1-3-5-7-6-4-2/h3H,1,4,6H2,2H3. The molecule has 0 N–H and O–H groups in total. The van der Waals surface area contributed by atoms with E-state index in [0.717, 1.165) is 12.8 Å². The summed E-state index contributed by atoms with van der Waals surface area (Å²) in [4.78, 5) is 0. The van der Waals surface area contributed by atoms with Crippen LogP contribution in [0.4, 0.5) is 0 Å². The van der Waals surface area contributed by atoms with Gasteiger partial charge < -0.3 is 0 Å². The Labute approximate surface area is 45.2 Å². The minimum atomic E-state index is 0.992. The van der Waals surface area contributed by atoms with Gasteiger partial charge in [-0.25, -0.2) is 0 Å². The molecule has 0 aromatic rings. The Bertz CT molecular complexity index is 90.3. The van der Waals surface area contributed by atoms with Crippen LogP contribution in [0, 0.1) is 11.8 Å². The van der Waals surface area contributed by atoms with Crippen LogP contribution in [0.15, 0.2) is 12.7 Å². The first kappa shape index (κ1) is 6.30. The third kappa shape index (κ3) is 5.30. The summed E-state index contributed by atoms with van der Waals surface area (Å²) in [6.07, 6.45) is 3.75. The van der Waals surface area contributed by atoms with Crippen LogP contribution in [0.5, 0.6) is 0 Å². The maximum Gasteiger partial charge on any atom is 0.00896 e. The lowest BCUT2D eigenvalue weighted by atomic mass is 10.3. The van der Waals surface area contributed by atoms with Crippen molar-refractivity contribution in [2.75, 3.05) is 0 Å². The third-order valence-electron chi connectivity index (χ3n) is 0.579. The van der Waals surface area contributed by atoms with E-state index in [4.69, 9.17) is 0 Å². The lowest BCUT2D eigenvalue weighted by molar-refractivity contribution is 0.983. The van der Waals surface area contributed by atoms with Crippen LogP contribution < -0.4 is 0 Å². The van der Waals surface area contributed by atoms with Crippen LogP contribution in [0.25, 0.3) is 0 Å². The van der Waals surface area contributed by atoms with Crippen molar-refractivity contribution in [2.24, 2.45) is 0 Å². The summed E-state index contributed by atoms with van der Waals surface area (Å²) in [7, 11) is 0. The van der Waals surface area contributed by atoms with E-state index < -0.39 is 0 Å². The number of unbranched alkanes of at least 4 members (excludes halogenated alkanes) is 1. The number of hydrogen-bond donors (Lipinski definition) is 0. The lowest BCUT2D eigenvalue weighted by Crippen LogP contribution is -1.57. The summed E-state index contributed by atoms with van der Waals surface area (Å²) >= 11 is 0. The Morgan fingerprint density at radius 3 is 2.86 bits per heavy atom. The van der Waals surface area contributed by atoms with E-state index >= 15 is 0 Å². The average molecular weight is 94.2 g/mol. The molecule has 0 unspecified atom stereocenters. The zero-order valence-electron chi connectivity index (χ0n) is 4.70. The van der Waals surface area contributed by atoms with E-state index in [1.54, 1.807) is 6.08 Å². The van der Waals surface area contributed by atoms with Crippen molar-refractivity contribution in [1.29, 1.82) is 0 Å². The van der Waals surface area contributed by atoms with Crippen LogP contribution in [-0.2, 0) is 0 Å². The molecule has 0 bridgehead atoms. The topological polar surface area (TPSA) is 0 Å². The summed E-state index contributed by atoms with van der Waals surface area (Å²) in [6.45, 7) is 5.57. The summed E-state index contributed by atoms with van der Waals surface area (Å²) in [6, 6.07) is 0. The van der Waals surface area contributed by atoms with Crippen molar-refractivity contribution >= 4 is 0 Å². The van der Waals surface area contributed by atoms with Crippen molar-refractivity contribution in [3.8, 4) is 11.8 Å². The average Bonchev–Trinajstić information content (AvgIpc) is 1.69. The molecule has 0 rings (SSSR count). The van der Waals surface area contributed by atoms with Crippen LogP contribution >= 0.6 is 0 Å². The smallest absolute Gasteiger partial charge is 0.00896 e. The fourth-order valence-corrected chi connectivity index (χ4v) is 0.269. The zero-order chi connectivity index (χ0) is 5.54. The third-order valence-corrected chi connectivity index (χ3v) is 0.579. The molecule has 0 spiro atoms. The highest BCUT2D eigenvalue weighted by molar-refractivity contribution is 5.11. The van der Waals surface area contributed by atoms with Crippen molar-refractivity contribution in [2.45, 2.75) is 19.8 Å². The summed E-state index contributed by atoms with van der Waals surface area (Å²) < 4.78 is 0. The molecule has 0 atom stereocenters. The molecule has 0 heteroatoms. The van der Waals surface area contributed by atoms with E-state index in [-0.39, 0.29) is 0 Å². The minimum absolute atomic E-state index is 0.992. The van der Waals surface area contributed by atoms with Crippen molar-refractivity contribution in [3.63, 3.8) is 0 Å². The maximum atomic E-state index is 3.46. The van der Waals surface area contributed by atoms with Crippen LogP contribution in [0.1, 0.15) is 19.8 Å². The van der Waals surface area contributed by atoms with Gasteiger partial charge in [-0.2, -0.15) is 0 Å². The molecule has 0 aliphatic carbocycles. The Kier molecular flexibility index (Phi) is 4.77. The van der Waals surface area contributed by atoms with Crippen LogP contribution in [0.2, 0.25) is 0 Å². The van der Waals surface area contributed by atoms with Crippen LogP contribution in [-0.4, -0.2) is 0 Å². The number of allylic oxidation sites excluding steroid dienone is 1. The zero-order valence-corrected chi connectivity index (χ0v) is 4.70. The molecule has 0 aliphatic rings. The fourth-order valence-electron chi connectivity index (χ4n) is 0.269. The second kappa shape index (κ2) is 5.30. The van der Waals surface area contributed by atoms with Gasteiger partial charge in [0.15, 0.2) is 0 Å². The van der Waals surface area contributed by atoms with Gasteiger partial charge in [0, 0.05) is 6.42 Å². The maximum absolute atomic E-state index is 3.46. The molecule has 0 saturated heterocycles. The van der Waals surface area contributed by atoms with Crippen LogP contribution in [0.3, 0.4) is 0 Å². The molecule has 0 aromatic carbocycles. The number of rotatable bonds is 1. The molecular formula is C7H10. The molecule has 7 heavy (non-hydrogen) atoms. The van der Waals surface area contributed by atoms with E-state index in [1.807, 2.05) is 0 Å². The molecular weight excluding hydrogens is 84.1 g/mol.